The molecule has 2 rings (SSSR count). The van der Waals surface area contributed by atoms with E-state index >= 15 is 0 Å². The minimum Gasteiger partial charge on any atom is -0.338 e. The molecule has 1 aliphatic rings. The number of aryl methyl sites for hydroxylation is 1. The maximum atomic E-state index is 12.4. The molecule has 1 heterocycles. The fraction of sp³-hybridized carbons (Fsp3) is 0.462. The van der Waals surface area contributed by atoms with Crippen LogP contribution in [-0.2, 0) is 0 Å². The Morgan fingerprint density at radius 1 is 1.35 bits per heavy atom. The molecule has 1 saturated heterocycles. The third kappa shape index (κ3) is 3.19. The van der Waals surface area contributed by atoms with Crippen molar-refractivity contribution >= 4 is 30.3 Å². The minimum absolute atomic E-state index is 0.154. The van der Waals surface area contributed by atoms with Crippen LogP contribution < -0.4 is 0 Å². The molecular formula is C13H17NOS2. The van der Waals surface area contributed by atoms with E-state index in [4.69, 9.17) is 0 Å². The normalized spacial score (nSPS) is 16.7. The lowest BCUT2D eigenvalue weighted by atomic mass is 10.1. The predicted octanol–water partition coefficient (Wildman–Crippen LogP) is 2.86. The first kappa shape index (κ1) is 12.8. The maximum Gasteiger partial charge on any atom is 0.254 e. The fourth-order valence-electron chi connectivity index (χ4n) is 1.96. The van der Waals surface area contributed by atoms with E-state index in [-0.39, 0.29) is 5.91 Å². The van der Waals surface area contributed by atoms with Gasteiger partial charge >= 0.3 is 0 Å². The molecule has 2 nitrogen and oxygen atoms in total. The Morgan fingerprint density at radius 2 is 2.18 bits per heavy atom. The summed E-state index contributed by atoms with van der Waals surface area (Å²) in [6, 6.07) is 5.76. The Morgan fingerprint density at radius 3 is 3.00 bits per heavy atom. The highest BCUT2D eigenvalue weighted by Gasteiger charge is 2.18. The van der Waals surface area contributed by atoms with Crippen molar-refractivity contribution in [1.29, 1.82) is 0 Å². The summed E-state index contributed by atoms with van der Waals surface area (Å²) < 4.78 is 0. The molecule has 1 aromatic carbocycles. The zero-order valence-electron chi connectivity index (χ0n) is 9.98. The predicted molar refractivity (Wildman–Crippen MR) is 76.3 cm³/mol. The third-order valence-corrected chi connectivity index (χ3v) is 4.29. The number of hydrogen-bond acceptors (Lipinski definition) is 3. The monoisotopic (exact) mass is 267 g/mol. The molecule has 0 spiro atoms. The average Bonchev–Trinajstić information content (AvgIpc) is 2.60. The van der Waals surface area contributed by atoms with Crippen molar-refractivity contribution in [3.05, 3.63) is 29.3 Å². The molecule has 1 aromatic rings. The van der Waals surface area contributed by atoms with E-state index in [1.807, 2.05) is 41.8 Å². The van der Waals surface area contributed by atoms with Crippen LogP contribution in [0.15, 0.2) is 23.1 Å². The van der Waals surface area contributed by atoms with Gasteiger partial charge in [-0.05, 0) is 36.8 Å². The van der Waals surface area contributed by atoms with Crippen molar-refractivity contribution in [3.8, 4) is 0 Å². The molecule has 0 aliphatic carbocycles. The lowest BCUT2D eigenvalue weighted by Crippen LogP contribution is -2.33. The maximum absolute atomic E-state index is 12.4. The first-order valence-electron chi connectivity index (χ1n) is 5.85. The molecular weight excluding hydrogens is 250 g/mol. The molecule has 92 valence electrons. The number of nitrogens with zero attached hydrogens (tertiary/aromatic N) is 1. The molecule has 1 fully saturated rings. The molecule has 0 N–H and O–H groups in total. The van der Waals surface area contributed by atoms with Gasteiger partial charge in [-0.1, -0.05) is 6.07 Å². The van der Waals surface area contributed by atoms with Gasteiger partial charge in [0.15, 0.2) is 0 Å². The molecule has 1 aliphatic heterocycles. The number of thioether (sulfide) groups is 1. The van der Waals surface area contributed by atoms with Gasteiger partial charge in [0.05, 0.1) is 0 Å². The van der Waals surface area contributed by atoms with Gasteiger partial charge in [-0.3, -0.25) is 4.79 Å². The van der Waals surface area contributed by atoms with E-state index in [1.165, 1.54) is 0 Å². The van der Waals surface area contributed by atoms with Crippen molar-refractivity contribution < 1.29 is 4.79 Å². The average molecular weight is 267 g/mol. The Bertz CT molecular complexity index is 412. The lowest BCUT2D eigenvalue weighted by Gasteiger charge is -2.21. The number of hydrogen-bond donors (Lipinski definition) is 1. The highest BCUT2D eigenvalue weighted by molar-refractivity contribution is 7.99. The van der Waals surface area contributed by atoms with E-state index in [0.29, 0.717) is 0 Å². The van der Waals surface area contributed by atoms with Crippen molar-refractivity contribution in [2.75, 3.05) is 24.6 Å². The third-order valence-electron chi connectivity index (χ3n) is 2.96. The first-order valence-corrected chi connectivity index (χ1v) is 7.45. The van der Waals surface area contributed by atoms with Gasteiger partial charge in [0.25, 0.3) is 5.91 Å². The van der Waals surface area contributed by atoms with Crippen LogP contribution in [0.4, 0.5) is 0 Å². The van der Waals surface area contributed by atoms with Crippen molar-refractivity contribution in [3.63, 3.8) is 0 Å². The van der Waals surface area contributed by atoms with Crippen molar-refractivity contribution in [2.24, 2.45) is 0 Å². The van der Waals surface area contributed by atoms with Gasteiger partial charge in [-0.15, -0.1) is 12.6 Å². The summed E-state index contributed by atoms with van der Waals surface area (Å²) in [4.78, 5) is 15.2. The Kier molecular flexibility index (Phi) is 4.40. The Hall–Kier alpha value is -0.610. The van der Waals surface area contributed by atoms with E-state index in [9.17, 15) is 4.79 Å². The summed E-state index contributed by atoms with van der Waals surface area (Å²) in [5.74, 6) is 2.36. The smallest absolute Gasteiger partial charge is 0.254 e. The first-order chi connectivity index (χ1) is 8.18. The summed E-state index contributed by atoms with van der Waals surface area (Å²) in [7, 11) is 0. The van der Waals surface area contributed by atoms with Gasteiger partial charge in [-0.25, -0.2) is 0 Å². The van der Waals surface area contributed by atoms with E-state index in [2.05, 4.69) is 12.6 Å². The van der Waals surface area contributed by atoms with Crippen LogP contribution in [0.3, 0.4) is 0 Å². The number of carbonyl (C=O) groups excluding carboxylic acids is 1. The zero-order valence-corrected chi connectivity index (χ0v) is 11.7. The van der Waals surface area contributed by atoms with Gasteiger partial charge in [0.1, 0.15) is 0 Å². The van der Waals surface area contributed by atoms with Gasteiger partial charge in [0.2, 0.25) is 0 Å². The van der Waals surface area contributed by atoms with Crippen LogP contribution in [0.1, 0.15) is 22.3 Å². The second kappa shape index (κ2) is 5.83. The number of amides is 1. The SMILES string of the molecule is Cc1ccc(S)cc1C(=O)N1CCCSCC1. The summed E-state index contributed by atoms with van der Waals surface area (Å²) >= 11 is 6.24. The molecule has 0 radical (unpaired) electrons. The number of benzene rings is 1. The second-order valence-corrected chi connectivity index (χ2v) is 6.00. The molecule has 0 bridgehead atoms. The van der Waals surface area contributed by atoms with Crippen LogP contribution in [0.2, 0.25) is 0 Å². The van der Waals surface area contributed by atoms with E-state index in [1.54, 1.807) is 0 Å². The summed E-state index contributed by atoms with van der Waals surface area (Å²) in [6.07, 6.45) is 1.09. The van der Waals surface area contributed by atoms with Gasteiger partial charge in [-0.2, -0.15) is 11.8 Å². The molecule has 1 amide bonds. The van der Waals surface area contributed by atoms with Crippen LogP contribution >= 0.6 is 24.4 Å². The van der Waals surface area contributed by atoms with Crippen molar-refractivity contribution in [1.82, 2.24) is 4.90 Å². The summed E-state index contributed by atoms with van der Waals surface area (Å²) in [5, 5.41) is 0. The van der Waals surface area contributed by atoms with Gasteiger partial charge in [0, 0.05) is 29.3 Å². The lowest BCUT2D eigenvalue weighted by molar-refractivity contribution is 0.0767. The van der Waals surface area contributed by atoms with E-state index in [0.717, 1.165) is 47.0 Å². The fourth-order valence-corrected chi connectivity index (χ4v) is 3.05. The largest absolute Gasteiger partial charge is 0.338 e. The number of carbonyl (C=O) groups is 1. The van der Waals surface area contributed by atoms with Gasteiger partial charge < -0.3 is 4.90 Å². The summed E-state index contributed by atoms with van der Waals surface area (Å²) in [6.45, 7) is 3.72. The zero-order chi connectivity index (χ0) is 12.3. The van der Waals surface area contributed by atoms with Crippen LogP contribution in [0.5, 0.6) is 0 Å². The molecule has 0 saturated carbocycles. The summed E-state index contributed by atoms with van der Waals surface area (Å²) in [5.41, 5.74) is 1.83. The molecule has 4 heteroatoms. The van der Waals surface area contributed by atoms with Crippen LogP contribution in [-0.4, -0.2) is 35.4 Å². The van der Waals surface area contributed by atoms with E-state index < -0.39 is 0 Å². The molecule has 17 heavy (non-hydrogen) atoms. The number of rotatable bonds is 1. The quantitative estimate of drug-likeness (QED) is 0.790. The second-order valence-electron chi connectivity index (χ2n) is 4.26. The molecule has 0 aromatic heterocycles. The topological polar surface area (TPSA) is 20.3 Å². The van der Waals surface area contributed by atoms with Crippen LogP contribution in [0, 0.1) is 6.92 Å². The Balaban J connectivity index is 2.20. The highest BCUT2D eigenvalue weighted by atomic mass is 32.2. The van der Waals surface area contributed by atoms with Crippen LogP contribution in [0.25, 0.3) is 0 Å². The Labute approximate surface area is 112 Å². The number of thiol groups is 1. The molecule has 0 unspecified atom stereocenters. The standard InChI is InChI=1S/C13H17NOS2/c1-10-3-4-11(16)9-12(10)13(15)14-5-2-7-17-8-6-14/h3-4,9,16H,2,5-8H2,1H3. The van der Waals surface area contributed by atoms with Crippen molar-refractivity contribution in [2.45, 2.75) is 18.2 Å². The highest BCUT2D eigenvalue weighted by Crippen LogP contribution is 2.18. The minimum atomic E-state index is 0.154. The molecule has 0 atom stereocenters.